The van der Waals surface area contributed by atoms with Crippen LogP contribution in [0.5, 0.6) is 0 Å². The summed E-state index contributed by atoms with van der Waals surface area (Å²) in [7, 11) is 1.88. The molecule has 2 aromatic carbocycles. The van der Waals surface area contributed by atoms with E-state index in [-0.39, 0.29) is 17.4 Å². The number of carbonyl (C=O) groups excluding carboxylic acids is 2. The van der Waals surface area contributed by atoms with Gasteiger partial charge < -0.3 is 14.6 Å². The first kappa shape index (κ1) is 29.6. The second kappa shape index (κ2) is 13.4. The second-order valence-corrected chi connectivity index (χ2v) is 13.0. The van der Waals surface area contributed by atoms with Gasteiger partial charge in [-0.25, -0.2) is 0 Å². The Balaban J connectivity index is 1.22. The molecule has 7 heteroatoms. The summed E-state index contributed by atoms with van der Waals surface area (Å²) >= 11 is 12.6. The van der Waals surface area contributed by atoms with Crippen LogP contribution in [0.4, 0.5) is 0 Å². The molecule has 2 aliphatic carbocycles. The molecular weight excluding hydrogens is 541 g/mol. The third kappa shape index (κ3) is 6.92. The van der Waals surface area contributed by atoms with Crippen molar-refractivity contribution >= 4 is 35.4 Å². The van der Waals surface area contributed by atoms with Gasteiger partial charge >= 0.3 is 0 Å². The standard InChI is InChI=1S/C33H43Cl2N3O2/c1-36(32(40)25-8-4-2-5-9-25)23-27(26-12-13-30(34)31(35)22-26)14-19-37-20-15-29(16-21-37)38(33(24-39)17-18-33)28-10-6-3-7-11-28/h2,4-5,8-9,12-13,22,24,27-29H,3,6-7,10-11,14-21,23H2,1H3. The summed E-state index contributed by atoms with van der Waals surface area (Å²) in [4.78, 5) is 32.4. The van der Waals surface area contributed by atoms with E-state index in [0.717, 1.165) is 57.3 Å². The highest BCUT2D eigenvalue weighted by Gasteiger charge is 2.53. The van der Waals surface area contributed by atoms with Crippen LogP contribution >= 0.6 is 23.2 Å². The minimum absolute atomic E-state index is 0.0264. The van der Waals surface area contributed by atoms with Gasteiger partial charge in [0.15, 0.2) is 0 Å². The van der Waals surface area contributed by atoms with Crippen molar-refractivity contribution in [3.8, 4) is 0 Å². The second-order valence-electron chi connectivity index (χ2n) is 12.2. The molecule has 5 rings (SSSR count). The molecule has 1 heterocycles. The number of piperidine rings is 1. The van der Waals surface area contributed by atoms with Crippen LogP contribution < -0.4 is 0 Å². The fourth-order valence-corrected chi connectivity index (χ4v) is 7.36. The lowest BCUT2D eigenvalue weighted by Gasteiger charge is -2.46. The highest BCUT2D eigenvalue weighted by atomic mass is 35.5. The first-order valence-electron chi connectivity index (χ1n) is 15.1. The highest BCUT2D eigenvalue weighted by Crippen LogP contribution is 2.46. The molecule has 2 aromatic rings. The molecular formula is C33H43Cl2N3O2. The molecule has 0 spiro atoms. The Morgan fingerprint density at radius 2 is 1.65 bits per heavy atom. The molecule has 1 atom stereocenters. The topological polar surface area (TPSA) is 43.9 Å². The average Bonchev–Trinajstić information content (AvgIpc) is 3.79. The molecule has 5 nitrogen and oxygen atoms in total. The molecule has 3 fully saturated rings. The normalized spacial score (nSPS) is 20.8. The lowest BCUT2D eigenvalue weighted by molar-refractivity contribution is -0.117. The lowest BCUT2D eigenvalue weighted by Crippen LogP contribution is -2.55. The van der Waals surface area contributed by atoms with Gasteiger partial charge in [0.2, 0.25) is 0 Å². The summed E-state index contributed by atoms with van der Waals surface area (Å²) in [6.45, 7) is 3.68. The van der Waals surface area contributed by atoms with Crippen molar-refractivity contribution in [3.63, 3.8) is 0 Å². The van der Waals surface area contributed by atoms with E-state index in [0.29, 0.717) is 34.2 Å². The third-order valence-electron chi connectivity index (χ3n) is 9.48. The fourth-order valence-electron chi connectivity index (χ4n) is 7.05. The zero-order valence-electron chi connectivity index (χ0n) is 23.7. The molecule has 2 saturated carbocycles. The molecule has 40 heavy (non-hydrogen) atoms. The molecule has 216 valence electrons. The van der Waals surface area contributed by atoms with Crippen molar-refractivity contribution in [1.29, 1.82) is 0 Å². The van der Waals surface area contributed by atoms with Crippen LogP contribution in [0.2, 0.25) is 10.0 Å². The van der Waals surface area contributed by atoms with Gasteiger partial charge in [0, 0.05) is 37.2 Å². The summed E-state index contributed by atoms with van der Waals surface area (Å²) in [6, 6.07) is 16.4. The van der Waals surface area contributed by atoms with Crippen LogP contribution in [0.3, 0.4) is 0 Å². The van der Waals surface area contributed by atoms with Crippen molar-refractivity contribution in [2.45, 2.75) is 87.7 Å². The average molecular weight is 585 g/mol. The molecule has 3 aliphatic rings. The van der Waals surface area contributed by atoms with Crippen molar-refractivity contribution in [2.24, 2.45) is 0 Å². The van der Waals surface area contributed by atoms with Gasteiger partial charge in [-0.3, -0.25) is 9.69 Å². The number of carbonyl (C=O) groups is 2. The van der Waals surface area contributed by atoms with Crippen molar-refractivity contribution < 1.29 is 9.59 Å². The third-order valence-corrected chi connectivity index (χ3v) is 10.2. The van der Waals surface area contributed by atoms with Gasteiger partial charge in [-0.2, -0.15) is 0 Å². The number of hydrogen-bond donors (Lipinski definition) is 0. The van der Waals surface area contributed by atoms with Crippen LogP contribution in [0.25, 0.3) is 0 Å². The molecule has 0 radical (unpaired) electrons. The molecule has 0 bridgehead atoms. The largest absolute Gasteiger partial charge is 0.341 e. The van der Waals surface area contributed by atoms with Crippen LogP contribution in [0, 0.1) is 0 Å². The van der Waals surface area contributed by atoms with Crippen LogP contribution in [-0.2, 0) is 4.79 Å². The summed E-state index contributed by atoms with van der Waals surface area (Å²) in [6.07, 6.45) is 12.9. The van der Waals surface area contributed by atoms with E-state index in [1.165, 1.54) is 38.4 Å². The zero-order valence-corrected chi connectivity index (χ0v) is 25.3. The number of likely N-dealkylation sites (tertiary alicyclic amines) is 1. The summed E-state index contributed by atoms with van der Waals surface area (Å²) in [5.41, 5.74) is 1.64. The first-order chi connectivity index (χ1) is 19.4. The van der Waals surface area contributed by atoms with E-state index in [1.807, 2.05) is 60.5 Å². The maximum Gasteiger partial charge on any atom is 0.253 e. The number of amides is 1. The Kier molecular flexibility index (Phi) is 9.89. The quantitative estimate of drug-likeness (QED) is 0.265. The number of nitrogens with zero attached hydrogens (tertiary/aromatic N) is 3. The summed E-state index contributed by atoms with van der Waals surface area (Å²) in [5, 5.41) is 1.10. The molecule has 0 N–H and O–H groups in total. The van der Waals surface area contributed by atoms with Gasteiger partial charge in [-0.15, -0.1) is 0 Å². The van der Waals surface area contributed by atoms with Gasteiger partial charge in [-0.1, -0.05) is 66.7 Å². The van der Waals surface area contributed by atoms with Crippen LogP contribution in [0.15, 0.2) is 48.5 Å². The van der Waals surface area contributed by atoms with Crippen molar-refractivity contribution in [3.05, 3.63) is 69.7 Å². The SMILES string of the molecule is CN(CC(CCN1CCC(N(C2CCCCC2)C2(C=O)CC2)CC1)c1ccc(Cl)c(Cl)c1)C(=O)c1ccccc1. The summed E-state index contributed by atoms with van der Waals surface area (Å²) in [5.74, 6) is 0.173. The number of halogens is 2. The van der Waals surface area contributed by atoms with E-state index >= 15 is 0 Å². The van der Waals surface area contributed by atoms with Crippen molar-refractivity contribution in [1.82, 2.24) is 14.7 Å². The van der Waals surface area contributed by atoms with E-state index in [2.05, 4.69) is 9.80 Å². The number of aldehydes is 1. The van der Waals surface area contributed by atoms with Gasteiger partial charge in [0.1, 0.15) is 6.29 Å². The van der Waals surface area contributed by atoms with Gasteiger partial charge in [0.25, 0.3) is 5.91 Å². The predicted octanol–water partition coefficient (Wildman–Crippen LogP) is 7.07. The minimum Gasteiger partial charge on any atom is -0.341 e. The minimum atomic E-state index is -0.177. The maximum atomic E-state index is 13.1. The van der Waals surface area contributed by atoms with E-state index in [4.69, 9.17) is 23.2 Å². The summed E-state index contributed by atoms with van der Waals surface area (Å²) < 4.78 is 0. The molecule has 1 saturated heterocycles. The molecule has 1 unspecified atom stereocenters. The number of rotatable bonds is 11. The Labute approximate surface area is 249 Å². The smallest absolute Gasteiger partial charge is 0.253 e. The van der Waals surface area contributed by atoms with Crippen molar-refractivity contribution in [2.75, 3.05) is 33.2 Å². The highest BCUT2D eigenvalue weighted by molar-refractivity contribution is 6.42. The fraction of sp³-hybridized carbons (Fsp3) is 0.576. The van der Waals surface area contributed by atoms with E-state index in [1.54, 1.807) is 0 Å². The Bertz CT molecular complexity index is 1140. The molecule has 1 aliphatic heterocycles. The molecule has 0 aromatic heterocycles. The van der Waals surface area contributed by atoms with Gasteiger partial charge in [0.05, 0.1) is 15.6 Å². The lowest BCUT2D eigenvalue weighted by atomic mass is 9.89. The Morgan fingerprint density at radius 3 is 2.27 bits per heavy atom. The Morgan fingerprint density at radius 1 is 0.975 bits per heavy atom. The van der Waals surface area contributed by atoms with Gasteiger partial charge in [-0.05, 0) is 94.4 Å². The number of hydrogen-bond acceptors (Lipinski definition) is 4. The van der Waals surface area contributed by atoms with E-state index < -0.39 is 0 Å². The zero-order chi connectivity index (χ0) is 28.1. The predicted molar refractivity (Wildman–Crippen MR) is 163 cm³/mol. The Hall–Kier alpha value is -1.92. The maximum absolute atomic E-state index is 13.1. The molecule has 1 amide bonds. The first-order valence-corrected chi connectivity index (χ1v) is 15.9. The monoisotopic (exact) mass is 583 g/mol. The van der Waals surface area contributed by atoms with Crippen LogP contribution in [-0.4, -0.2) is 77.7 Å². The number of benzene rings is 2. The number of likely N-dealkylation sites (N-methyl/N-ethyl adjacent to an activating group) is 1. The van der Waals surface area contributed by atoms with Crippen LogP contribution in [0.1, 0.15) is 86.0 Å². The van der Waals surface area contributed by atoms with E-state index in [9.17, 15) is 9.59 Å².